The van der Waals surface area contributed by atoms with E-state index in [-0.39, 0.29) is 24.5 Å². The minimum atomic E-state index is -0.785. The molecule has 0 aliphatic carbocycles. The molecule has 3 saturated heterocycles. The van der Waals surface area contributed by atoms with E-state index in [1.807, 2.05) is 7.05 Å². The SMILES string of the molecule is CN1CCC(OC(=O)NC(=N)c2ccc(N3CC(CN4CCN(CCC(=O)O)CC4)OC3=O)cc2)CC1. The summed E-state index contributed by atoms with van der Waals surface area (Å²) in [6.07, 6.45) is 0.272. The van der Waals surface area contributed by atoms with Gasteiger partial charge in [-0.1, -0.05) is 0 Å². The quantitative estimate of drug-likeness (QED) is 0.344. The van der Waals surface area contributed by atoms with Crippen molar-refractivity contribution in [2.45, 2.75) is 31.5 Å². The zero-order valence-electron chi connectivity index (χ0n) is 21.2. The van der Waals surface area contributed by atoms with Crippen LogP contribution in [0.5, 0.6) is 0 Å². The molecule has 3 fully saturated rings. The number of carbonyl (C=O) groups excluding carboxylic acids is 2. The first-order valence-corrected chi connectivity index (χ1v) is 12.8. The standard InChI is InChI=1S/C25H36N6O6/c1-28-9-6-20(7-10-28)36-24(34)27-23(26)18-2-4-19(5-3-18)31-17-21(37-25(31)35)16-30-14-12-29(13-15-30)11-8-22(32)33/h2-5,20-21H,6-17H2,1H3,(H,32,33)(H2,26,27,34). The second-order valence-corrected chi connectivity index (χ2v) is 9.86. The average Bonchev–Trinajstić information content (AvgIpc) is 3.24. The number of carboxylic acids is 1. The molecule has 12 nitrogen and oxygen atoms in total. The number of carbonyl (C=O) groups is 3. The van der Waals surface area contributed by atoms with E-state index >= 15 is 0 Å². The van der Waals surface area contributed by atoms with Crippen LogP contribution in [-0.2, 0) is 14.3 Å². The van der Waals surface area contributed by atoms with E-state index in [9.17, 15) is 14.4 Å². The summed E-state index contributed by atoms with van der Waals surface area (Å²) in [7, 11) is 2.03. The van der Waals surface area contributed by atoms with Gasteiger partial charge in [-0.15, -0.1) is 0 Å². The van der Waals surface area contributed by atoms with Gasteiger partial charge in [0, 0.05) is 63.6 Å². The van der Waals surface area contributed by atoms with Crippen LogP contribution >= 0.6 is 0 Å². The van der Waals surface area contributed by atoms with E-state index < -0.39 is 18.2 Å². The molecule has 0 radical (unpaired) electrons. The Hall–Kier alpha value is -3.22. The smallest absolute Gasteiger partial charge is 0.414 e. The monoisotopic (exact) mass is 516 g/mol. The minimum absolute atomic E-state index is 0.0613. The number of amidine groups is 1. The third kappa shape index (κ3) is 7.63. The van der Waals surface area contributed by atoms with Crippen LogP contribution in [0.15, 0.2) is 24.3 Å². The van der Waals surface area contributed by atoms with Crippen molar-refractivity contribution in [1.29, 1.82) is 5.41 Å². The number of ether oxygens (including phenoxy) is 2. The number of hydrogen-bond acceptors (Lipinski definition) is 9. The number of likely N-dealkylation sites (tertiary alicyclic amines) is 1. The molecule has 3 heterocycles. The predicted octanol–water partition coefficient (Wildman–Crippen LogP) is 1.25. The molecule has 1 unspecified atom stereocenters. The molecule has 1 aromatic carbocycles. The number of piperazine rings is 1. The third-order valence-corrected chi connectivity index (χ3v) is 7.08. The molecule has 0 aromatic heterocycles. The van der Waals surface area contributed by atoms with Gasteiger partial charge in [0.15, 0.2) is 0 Å². The summed E-state index contributed by atoms with van der Waals surface area (Å²) in [4.78, 5) is 43.6. The fourth-order valence-electron chi connectivity index (χ4n) is 4.83. The van der Waals surface area contributed by atoms with Crippen LogP contribution < -0.4 is 10.2 Å². The van der Waals surface area contributed by atoms with E-state index in [4.69, 9.17) is 20.0 Å². The molecule has 3 N–H and O–H groups in total. The molecule has 0 spiro atoms. The lowest BCUT2D eigenvalue weighted by Crippen LogP contribution is -2.49. The molecular formula is C25H36N6O6. The topological polar surface area (TPSA) is 139 Å². The second-order valence-electron chi connectivity index (χ2n) is 9.86. The summed E-state index contributed by atoms with van der Waals surface area (Å²) < 4.78 is 11.0. The number of benzene rings is 1. The van der Waals surface area contributed by atoms with E-state index in [0.717, 1.165) is 52.1 Å². The number of anilines is 1. The first kappa shape index (κ1) is 26.8. The summed E-state index contributed by atoms with van der Waals surface area (Å²) in [6, 6.07) is 6.84. The molecule has 2 amide bonds. The van der Waals surface area contributed by atoms with Crippen molar-refractivity contribution in [3.63, 3.8) is 0 Å². The molecule has 0 saturated carbocycles. The Morgan fingerprint density at radius 3 is 2.38 bits per heavy atom. The van der Waals surface area contributed by atoms with Crippen LogP contribution in [0.4, 0.5) is 15.3 Å². The maximum absolute atomic E-state index is 12.5. The van der Waals surface area contributed by atoms with Crippen molar-refractivity contribution in [2.24, 2.45) is 0 Å². The van der Waals surface area contributed by atoms with Crippen LogP contribution in [0, 0.1) is 5.41 Å². The van der Waals surface area contributed by atoms with Gasteiger partial charge < -0.3 is 24.4 Å². The van der Waals surface area contributed by atoms with E-state index in [0.29, 0.717) is 30.9 Å². The van der Waals surface area contributed by atoms with Gasteiger partial charge in [-0.05, 0) is 44.2 Å². The molecule has 4 rings (SSSR count). The van der Waals surface area contributed by atoms with E-state index in [2.05, 4.69) is 20.0 Å². The first-order chi connectivity index (χ1) is 17.8. The van der Waals surface area contributed by atoms with Gasteiger partial charge >= 0.3 is 18.2 Å². The van der Waals surface area contributed by atoms with Gasteiger partial charge in [0.1, 0.15) is 18.0 Å². The van der Waals surface area contributed by atoms with Crippen molar-refractivity contribution < 1.29 is 29.0 Å². The lowest BCUT2D eigenvalue weighted by atomic mass is 10.1. The van der Waals surface area contributed by atoms with Gasteiger partial charge in [-0.25, -0.2) is 9.59 Å². The van der Waals surface area contributed by atoms with Crippen LogP contribution in [0.1, 0.15) is 24.8 Å². The van der Waals surface area contributed by atoms with Crippen molar-refractivity contribution in [2.75, 3.05) is 70.9 Å². The van der Waals surface area contributed by atoms with Gasteiger partial charge in [0.25, 0.3) is 0 Å². The summed E-state index contributed by atoms with van der Waals surface area (Å²) in [5.74, 6) is -0.846. The van der Waals surface area contributed by atoms with Crippen molar-refractivity contribution in [1.82, 2.24) is 20.0 Å². The number of aliphatic carboxylic acids is 1. The Morgan fingerprint density at radius 1 is 1.08 bits per heavy atom. The highest BCUT2D eigenvalue weighted by molar-refractivity contribution is 6.04. The van der Waals surface area contributed by atoms with Gasteiger partial charge in [-0.3, -0.25) is 25.3 Å². The van der Waals surface area contributed by atoms with E-state index in [1.165, 1.54) is 0 Å². The maximum Gasteiger partial charge on any atom is 0.414 e. The Kier molecular flexibility index (Phi) is 8.95. The van der Waals surface area contributed by atoms with Crippen molar-refractivity contribution in [3.8, 4) is 0 Å². The van der Waals surface area contributed by atoms with Crippen LogP contribution in [0.25, 0.3) is 0 Å². The molecule has 37 heavy (non-hydrogen) atoms. The van der Waals surface area contributed by atoms with E-state index in [1.54, 1.807) is 29.2 Å². The fourth-order valence-corrected chi connectivity index (χ4v) is 4.83. The van der Waals surface area contributed by atoms with Gasteiger partial charge in [0.2, 0.25) is 0 Å². The number of alkyl carbamates (subject to hydrolysis) is 1. The van der Waals surface area contributed by atoms with Gasteiger partial charge in [-0.2, -0.15) is 0 Å². The molecule has 3 aliphatic rings. The Bertz CT molecular complexity index is 972. The number of nitrogens with zero attached hydrogens (tertiary/aromatic N) is 4. The molecule has 0 bridgehead atoms. The number of cyclic esters (lactones) is 1. The largest absolute Gasteiger partial charge is 0.481 e. The summed E-state index contributed by atoms with van der Waals surface area (Å²) in [6.45, 7) is 6.56. The number of carboxylic acid groups (broad SMARTS) is 1. The average molecular weight is 517 g/mol. The molecule has 202 valence electrons. The molecule has 3 aliphatic heterocycles. The predicted molar refractivity (Wildman–Crippen MR) is 136 cm³/mol. The van der Waals surface area contributed by atoms with Crippen molar-refractivity contribution in [3.05, 3.63) is 29.8 Å². The highest BCUT2D eigenvalue weighted by Crippen LogP contribution is 2.23. The Morgan fingerprint density at radius 2 is 1.73 bits per heavy atom. The van der Waals surface area contributed by atoms with Crippen LogP contribution in [0.2, 0.25) is 0 Å². The molecular weight excluding hydrogens is 480 g/mol. The zero-order chi connectivity index (χ0) is 26.4. The van der Waals surface area contributed by atoms with Crippen LogP contribution in [-0.4, -0.2) is 122 Å². The fraction of sp³-hybridized carbons (Fsp3) is 0.600. The highest BCUT2D eigenvalue weighted by Gasteiger charge is 2.34. The normalized spacial score (nSPS) is 22.0. The summed E-state index contributed by atoms with van der Waals surface area (Å²) in [5, 5.41) is 19.5. The Labute approximate surface area is 216 Å². The number of amides is 2. The number of nitrogens with one attached hydrogen (secondary N) is 2. The van der Waals surface area contributed by atoms with Gasteiger partial charge in [0.05, 0.1) is 13.0 Å². The molecule has 1 atom stereocenters. The Balaban J connectivity index is 1.22. The minimum Gasteiger partial charge on any atom is -0.481 e. The number of rotatable bonds is 8. The molecule has 1 aromatic rings. The first-order valence-electron chi connectivity index (χ1n) is 12.8. The second kappa shape index (κ2) is 12.3. The van der Waals surface area contributed by atoms with Crippen LogP contribution in [0.3, 0.4) is 0 Å². The number of hydrogen-bond donors (Lipinski definition) is 3. The summed E-state index contributed by atoms with van der Waals surface area (Å²) in [5.41, 5.74) is 1.17. The zero-order valence-corrected chi connectivity index (χ0v) is 21.2. The maximum atomic E-state index is 12.5. The highest BCUT2D eigenvalue weighted by atomic mass is 16.6. The number of piperidine rings is 1. The third-order valence-electron chi connectivity index (χ3n) is 7.08. The lowest BCUT2D eigenvalue weighted by Gasteiger charge is -2.35. The summed E-state index contributed by atoms with van der Waals surface area (Å²) >= 11 is 0. The molecule has 12 heteroatoms. The van der Waals surface area contributed by atoms with Crippen molar-refractivity contribution >= 4 is 29.7 Å². The lowest BCUT2D eigenvalue weighted by molar-refractivity contribution is -0.137.